The summed E-state index contributed by atoms with van der Waals surface area (Å²) >= 11 is 0. The number of ether oxygens (including phenoxy) is 2. The highest BCUT2D eigenvalue weighted by molar-refractivity contribution is 6.07. The van der Waals surface area contributed by atoms with E-state index in [0.717, 1.165) is 12.5 Å². The van der Waals surface area contributed by atoms with Gasteiger partial charge in [0.25, 0.3) is 5.67 Å². The van der Waals surface area contributed by atoms with E-state index in [1.54, 1.807) is 27.7 Å². The lowest BCUT2D eigenvalue weighted by Crippen LogP contribution is -2.56. The molecule has 250 valence electrons. The first-order valence-electron chi connectivity index (χ1n) is 16.1. The lowest BCUT2D eigenvalue weighted by molar-refractivity contribution is -0.187. The number of fused-ring (bicyclic) bond motifs is 5. The number of cyclic esters (lactones) is 1. The summed E-state index contributed by atoms with van der Waals surface area (Å²) in [6, 6.07) is 9.62. The molecular weight excluding hydrogens is 579 g/mol. The Balaban J connectivity index is 2.24. The maximum atomic E-state index is 16.1. The van der Waals surface area contributed by atoms with Crippen molar-refractivity contribution in [3.63, 3.8) is 0 Å². The number of carbonyl (C=O) groups is 3. The van der Waals surface area contributed by atoms with Crippen molar-refractivity contribution in [3.05, 3.63) is 35.9 Å². The number of oxime groups is 1. The van der Waals surface area contributed by atoms with Crippen molar-refractivity contribution in [1.29, 1.82) is 0 Å². The van der Waals surface area contributed by atoms with Crippen molar-refractivity contribution < 1.29 is 38.2 Å². The molecule has 2 fully saturated rings. The summed E-state index contributed by atoms with van der Waals surface area (Å²) in [5, 5.41) is 16.7. The number of nitrogens with zero attached hydrogens (tertiary/aromatic N) is 2. The van der Waals surface area contributed by atoms with Crippen molar-refractivity contribution >= 4 is 29.1 Å². The van der Waals surface area contributed by atoms with Gasteiger partial charge in [0, 0.05) is 24.5 Å². The van der Waals surface area contributed by atoms with Crippen LogP contribution in [0.5, 0.6) is 0 Å². The molecule has 9 nitrogen and oxygen atoms in total. The summed E-state index contributed by atoms with van der Waals surface area (Å²) < 4.78 is 28.4. The number of aliphatic imine (C=N–C) groups is 1. The van der Waals surface area contributed by atoms with Gasteiger partial charge < -0.3 is 19.4 Å². The van der Waals surface area contributed by atoms with Gasteiger partial charge in [-0.25, -0.2) is 14.2 Å². The molecule has 45 heavy (non-hydrogen) atoms. The number of rotatable bonds is 4. The molecule has 0 unspecified atom stereocenters. The summed E-state index contributed by atoms with van der Waals surface area (Å²) in [4.78, 5) is 49.6. The Morgan fingerprint density at radius 2 is 1.73 bits per heavy atom. The van der Waals surface area contributed by atoms with E-state index >= 15 is 4.39 Å². The van der Waals surface area contributed by atoms with Gasteiger partial charge in [-0.3, -0.25) is 9.59 Å². The normalized spacial score (nSPS) is 39.0. The van der Waals surface area contributed by atoms with E-state index < -0.39 is 58.4 Å². The molecule has 2 aliphatic heterocycles. The van der Waals surface area contributed by atoms with Gasteiger partial charge in [-0.1, -0.05) is 70.1 Å². The van der Waals surface area contributed by atoms with Crippen molar-refractivity contribution in [2.24, 2.45) is 39.7 Å². The topological polar surface area (TPSA) is 124 Å². The Kier molecular flexibility index (Phi) is 11.9. The maximum Gasteiger partial charge on any atom is 0.351 e. The number of hydrogen-bond donors (Lipinski definition) is 1. The van der Waals surface area contributed by atoms with Gasteiger partial charge in [0.05, 0.1) is 17.9 Å². The lowest BCUT2D eigenvalue weighted by Gasteiger charge is -2.45. The predicted octanol–water partition coefficient (Wildman–Crippen LogP) is 6.05. The maximum absolute atomic E-state index is 16.1. The van der Waals surface area contributed by atoms with Crippen LogP contribution >= 0.6 is 0 Å². The van der Waals surface area contributed by atoms with Crippen LogP contribution in [-0.4, -0.2) is 63.8 Å². The van der Waals surface area contributed by atoms with Crippen molar-refractivity contribution in [2.45, 2.75) is 118 Å². The number of carbonyl (C=O) groups excluding carboxylic acids is 3. The van der Waals surface area contributed by atoms with E-state index in [1.165, 1.54) is 6.92 Å². The summed E-state index contributed by atoms with van der Waals surface area (Å²) in [6.45, 7) is 15.0. The van der Waals surface area contributed by atoms with Gasteiger partial charge in [-0.05, 0) is 69.8 Å². The van der Waals surface area contributed by atoms with Crippen LogP contribution in [0.2, 0.25) is 0 Å². The van der Waals surface area contributed by atoms with E-state index in [-0.39, 0.29) is 31.5 Å². The van der Waals surface area contributed by atoms with E-state index in [0.29, 0.717) is 30.7 Å². The molecule has 9 atom stereocenters. The highest BCUT2D eigenvalue weighted by Crippen LogP contribution is 2.43. The molecule has 0 aromatic heterocycles. The highest BCUT2D eigenvalue weighted by Gasteiger charge is 2.53. The van der Waals surface area contributed by atoms with Gasteiger partial charge in [0.2, 0.25) is 5.91 Å². The second-order valence-corrected chi connectivity index (χ2v) is 13.6. The largest absolute Gasteiger partial charge is 0.457 e. The summed E-state index contributed by atoms with van der Waals surface area (Å²) in [6.07, 6.45) is 0.0457. The van der Waals surface area contributed by atoms with Gasteiger partial charge in [-0.15, -0.1) is 0 Å². The molecule has 2 aliphatic rings. The number of esters is 1. The molecule has 0 spiro atoms. The zero-order valence-electron chi connectivity index (χ0n) is 28.3. The Bertz CT molecular complexity index is 1280. The van der Waals surface area contributed by atoms with Crippen LogP contribution in [0.15, 0.2) is 40.5 Å². The summed E-state index contributed by atoms with van der Waals surface area (Å²) in [7, 11) is 0. The summed E-state index contributed by atoms with van der Waals surface area (Å²) in [5.41, 5.74) is -3.55. The predicted molar refractivity (Wildman–Crippen MR) is 170 cm³/mol. The lowest BCUT2D eigenvalue weighted by atomic mass is 9.67. The standard InChI is InChI=1S/C35H51FN2O7/c1-10-29-35(9,42)28-17-16-27(38-44-19-26-14-12-11-13-15-26)20-43-33(7,18-21(2)30(23(28)4)37-25(6)39)24(5)22(3)31(40)34(8,36)32(41)45-29/h11-15,21-24,28-29,42H,10,16-20H2,1-9H3/b37-30+,38-27+/t21-,22-,23-,24-,28-,29-,33-,34+,35+/m1/s1. The smallest absolute Gasteiger partial charge is 0.351 e. The number of amides is 1. The minimum absolute atomic E-state index is 0.0607. The Morgan fingerprint density at radius 3 is 2.33 bits per heavy atom. The molecule has 1 aromatic rings. The van der Waals surface area contributed by atoms with E-state index in [2.05, 4.69) is 10.1 Å². The zero-order chi connectivity index (χ0) is 33.7. The summed E-state index contributed by atoms with van der Waals surface area (Å²) in [5.74, 6) is -5.53. The molecule has 10 heteroatoms. The van der Waals surface area contributed by atoms with Gasteiger partial charge in [-0.2, -0.15) is 0 Å². The van der Waals surface area contributed by atoms with Crippen molar-refractivity contribution in [2.75, 3.05) is 6.61 Å². The third kappa shape index (κ3) is 8.25. The number of halogens is 1. The Labute approximate surface area is 267 Å². The fraction of sp³-hybridized carbons (Fsp3) is 0.686. The number of hydrogen-bond acceptors (Lipinski definition) is 8. The van der Waals surface area contributed by atoms with Crippen molar-refractivity contribution in [3.8, 4) is 0 Å². The molecule has 2 bridgehead atoms. The van der Waals surface area contributed by atoms with Gasteiger partial charge in [0.15, 0.2) is 5.78 Å². The van der Waals surface area contributed by atoms with Crippen LogP contribution in [0.4, 0.5) is 4.39 Å². The number of aliphatic hydroxyl groups is 1. The molecule has 2 heterocycles. The molecule has 1 aromatic carbocycles. The Morgan fingerprint density at radius 1 is 1.09 bits per heavy atom. The first kappa shape index (κ1) is 36.5. The second-order valence-electron chi connectivity index (χ2n) is 13.6. The molecule has 1 N–H and O–H groups in total. The fourth-order valence-corrected chi connectivity index (χ4v) is 7.05. The fourth-order valence-electron chi connectivity index (χ4n) is 7.05. The minimum atomic E-state index is -2.94. The van der Waals surface area contributed by atoms with E-state index in [9.17, 15) is 19.5 Å². The molecule has 2 saturated heterocycles. The minimum Gasteiger partial charge on any atom is -0.457 e. The number of benzene rings is 1. The third-order valence-electron chi connectivity index (χ3n) is 10.1. The molecular formula is C35H51FN2O7. The van der Waals surface area contributed by atoms with E-state index in [1.807, 2.05) is 51.1 Å². The molecule has 0 saturated carbocycles. The van der Waals surface area contributed by atoms with Crippen LogP contribution in [0.3, 0.4) is 0 Å². The second kappa shape index (κ2) is 14.6. The van der Waals surface area contributed by atoms with Crippen molar-refractivity contribution in [1.82, 2.24) is 0 Å². The average Bonchev–Trinajstić information content (AvgIpc) is 3.00. The SMILES string of the molecule is CC[C@H]1OC(=O)[C@@](C)(F)C(=O)[C@H](C)[C@@H](C)[C@@]2(C)C[C@@H](C)/C(=N\C(C)=O)[C@H](C)[C@@H](CC/C(=N\OCc3ccccc3)CO2)[C@]1(C)O. The third-order valence-corrected chi connectivity index (χ3v) is 10.1. The first-order chi connectivity index (χ1) is 21.0. The molecule has 1 amide bonds. The molecule has 0 aliphatic carbocycles. The van der Waals surface area contributed by atoms with E-state index in [4.69, 9.17) is 14.3 Å². The molecule has 0 radical (unpaired) electrons. The van der Waals surface area contributed by atoms with Crippen LogP contribution in [0.25, 0.3) is 0 Å². The average molecular weight is 631 g/mol. The monoisotopic (exact) mass is 630 g/mol. The molecule has 3 rings (SSSR count). The zero-order valence-corrected chi connectivity index (χ0v) is 28.3. The highest BCUT2D eigenvalue weighted by atomic mass is 19.1. The van der Waals surface area contributed by atoms with Gasteiger partial charge >= 0.3 is 5.97 Å². The van der Waals surface area contributed by atoms with Crippen LogP contribution in [0, 0.1) is 29.6 Å². The van der Waals surface area contributed by atoms with Crippen LogP contribution < -0.4 is 0 Å². The van der Waals surface area contributed by atoms with Crippen LogP contribution in [-0.2, 0) is 35.3 Å². The number of ketones is 1. The quantitative estimate of drug-likeness (QED) is 0.244. The Hall–Kier alpha value is -2.98. The van der Waals surface area contributed by atoms with Gasteiger partial charge in [0.1, 0.15) is 18.3 Å². The number of alkyl halides is 1. The number of Topliss-reactive ketones (excluding diaryl/α,β-unsaturated/α-hetero) is 1. The first-order valence-corrected chi connectivity index (χ1v) is 16.1. The van der Waals surface area contributed by atoms with Crippen LogP contribution in [0.1, 0.15) is 93.6 Å².